The average Bonchev–Trinajstić information content (AvgIpc) is 2.82. The van der Waals surface area contributed by atoms with E-state index in [-0.39, 0.29) is 17.7 Å². The number of aliphatic hydroxyl groups is 1. The van der Waals surface area contributed by atoms with Crippen LogP contribution in [0.15, 0.2) is 18.2 Å². The van der Waals surface area contributed by atoms with Crippen molar-refractivity contribution in [2.45, 2.75) is 122 Å². The molecular formula is C28H49ClFNO2. The van der Waals surface area contributed by atoms with Crippen molar-refractivity contribution in [1.29, 1.82) is 0 Å². The Morgan fingerprint density at radius 1 is 0.848 bits per heavy atom. The van der Waals surface area contributed by atoms with Crippen LogP contribution < -0.4 is 5.32 Å². The fourth-order valence-corrected chi connectivity index (χ4v) is 4.27. The van der Waals surface area contributed by atoms with E-state index in [0.29, 0.717) is 13.2 Å². The predicted octanol–water partition coefficient (Wildman–Crippen LogP) is 8.21. The van der Waals surface area contributed by atoms with Gasteiger partial charge in [-0.15, -0.1) is 0 Å². The van der Waals surface area contributed by atoms with Gasteiger partial charge in [0.2, 0.25) is 0 Å². The highest BCUT2D eigenvalue weighted by Crippen LogP contribution is 2.16. The summed E-state index contributed by atoms with van der Waals surface area (Å²) in [6.45, 7) is 4.02. The Bertz CT molecular complexity index is 573. The smallest absolute Gasteiger partial charge is 0.141 e. The molecule has 0 heterocycles. The van der Waals surface area contributed by atoms with Crippen LogP contribution in [0.4, 0.5) is 4.39 Å². The number of hydrogen-bond donors (Lipinski definition) is 2. The van der Waals surface area contributed by atoms with E-state index in [2.05, 4.69) is 12.2 Å². The van der Waals surface area contributed by atoms with Gasteiger partial charge in [-0.2, -0.15) is 0 Å². The summed E-state index contributed by atoms with van der Waals surface area (Å²) in [7, 11) is 0. The van der Waals surface area contributed by atoms with Crippen LogP contribution in [-0.4, -0.2) is 31.0 Å². The Labute approximate surface area is 207 Å². The number of unbranched alkanes of at least 4 members (excludes halogenated alkanes) is 15. The van der Waals surface area contributed by atoms with Crippen molar-refractivity contribution in [3.05, 3.63) is 34.6 Å². The minimum Gasteiger partial charge on any atom is -0.395 e. The third-order valence-corrected chi connectivity index (χ3v) is 6.55. The zero-order chi connectivity index (χ0) is 24.0. The van der Waals surface area contributed by atoms with Crippen LogP contribution in [0.5, 0.6) is 0 Å². The van der Waals surface area contributed by atoms with Crippen molar-refractivity contribution in [2.75, 3.05) is 19.8 Å². The lowest BCUT2D eigenvalue weighted by Gasteiger charge is -2.16. The van der Waals surface area contributed by atoms with Crippen molar-refractivity contribution in [3.8, 4) is 0 Å². The molecule has 0 aliphatic heterocycles. The lowest BCUT2D eigenvalue weighted by Crippen LogP contribution is -2.36. The molecule has 0 aliphatic rings. The van der Waals surface area contributed by atoms with Gasteiger partial charge in [-0.25, -0.2) is 4.39 Å². The number of benzene rings is 1. The van der Waals surface area contributed by atoms with Crippen LogP contribution in [0.3, 0.4) is 0 Å². The van der Waals surface area contributed by atoms with Crippen LogP contribution in [0, 0.1) is 5.82 Å². The van der Waals surface area contributed by atoms with Crippen LogP contribution >= 0.6 is 11.6 Å². The van der Waals surface area contributed by atoms with Gasteiger partial charge in [0.1, 0.15) is 5.82 Å². The second-order valence-electron chi connectivity index (χ2n) is 9.39. The molecule has 0 radical (unpaired) electrons. The van der Waals surface area contributed by atoms with Gasteiger partial charge in [-0.1, -0.05) is 121 Å². The lowest BCUT2D eigenvalue weighted by atomic mass is 10.0. The summed E-state index contributed by atoms with van der Waals surface area (Å²) in [5.74, 6) is -0.415. The van der Waals surface area contributed by atoms with Gasteiger partial charge >= 0.3 is 0 Å². The molecule has 0 saturated carbocycles. The molecule has 2 N–H and O–H groups in total. The lowest BCUT2D eigenvalue weighted by molar-refractivity contribution is 0.0854. The summed E-state index contributed by atoms with van der Waals surface area (Å²) in [6, 6.07) is 4.53. The first-order chi connectivity index (χ1) is 16.2. The van der Waals surface area contributed by atoms with E-state index in [1.165, 1.54) is 102 Å². The third-order valence-electron chi connectivity index (χ3n) is 6.26. The van der Waals surface area contributed by atoms with E-state index in [1.54, 1.807) is 12.1 Å². The van der Waals surface area contributed by atoms with Crippen molar-refractivity contribution >= 4 is 11.6 Å². The van der Waals surface area contributed by atoms with E-state index in [0.717, 1.165) is 18.6 Å². The molecule has 0 bridgehead atoms. The fourth-order valence-electron chi connectivity index (χ4n) is 4.07. The Balaban J connectivity index is 1.85. The highest BCUT2D eigenvalue weighted by molar-refractivity contribution is 6.30. The highest BCUT2D eigenvalue weighted by atomic mass is 35.5. The second-order valence-corrected chi connectivity index (χ2v) is 9.79. The van der Waals surface area contributed by atoms with Gasteiger partial charge < -0.3 is 15.2 Å². The van der Waals surface area contributed by atoms with Crippen molar-refractivity contribution in [2.24, 2.45) is 0 Å². The molecule has 0 fully saturated rings. The molecule has 1 aromatic rings. The molecule has 0 spiro atoms. The summed E-state index contributed by atoms with van der Waals surface area (Å²) in [5.41, 5.74) is 0.887. The van der Waals surface area contributed by atoms with E-state index in [4.69, 9.17) is 16.3 Å². The SMILES string of the molecule is CCCCCCCCCCCCCCCCCCOCC(CO)NCc1ccc(F)c(Cl)c1. The van der Waals surface area contributed by atoms with Crippen molar-refractivity contribution in [1.82, 2.24) is 5.32 Å². The Morgan fingerprint density at radius 3 is 1.85 bits per heavy atom. The monoisotopic (exact) mass is 485 g/mol. The summed E-state index contributed by atoms with van der Waals surface area (Å²) in [6.07, 6.45) is 21.8. The van der Waals surface area contributed by atoms with Gasteiger partial charge in [0.05, 0.1) is 24.3 Å². The van der Waals surface area contributed by atoms with E-state index in [9.17, 15) is 9.50 Å². The summed E-state index contributed by atoms with van der Waals surface area (Å²) in [5, 5.41) is 12.9. The Kier molecular flexibility index (Phi) is 20.1. The number of ether oxygens (including phenoxy) is 1. The summed E-state index contributed by atoms with van der Waals surface area (Å²) >= 11 is 5.81. The first-order valence-electron chi connectivity index (χ1n) is 13.5. The standard InChI is InChI=1S/C28H49ClFNO2/c1-2-3-4-5-6-7-8-9-10-11-12-13-14-15-16-17-20-33-24-26(23-32)31-22-25-18-19-28(30)27(29)21-25/h18-19,21,26,31-32H,2-17,20,22-24H2,1H3. The van der Waals surface area contributed by atoms with Gasteiger partial charge in [-0.3, -0.25) is 0 Å². The summed E-state index contributed by atoms with van der Waals surface area (Å²) in [4.78, 5) is 0. The van der Waals surface area contributed by atoms with Crippen molar-refractivity contribution < 1.29 is 14.2 Å². The largest absolute Gasteiger partial charge is 0.395 e. The van der Waals surface area contributed by atoms with E-state index in [1.807, 2.05) is 0 Å². The first kappa shape index (κ1) is 30.4. The van der Waals surface area contributed by atoms with Crippen LogP contribution in [-0.2, 0) is 11.3 Å². The molecule has 1 rings (SSSR count). The molecule has 0 aromatic heterocycles. The molecule has 3 nitrogen and oxygen atoms in total. The zero-order valence-corrected chi connectivity index (χ0v) is 21.8. The Morgan fingerprint density at radius 2 is 1.36 bits per heavy atom. The quantitative estimate of drug-likeness (QED) is 0.153. The van der Waals surface area contributed by atoms with Crippen molar-refractivity contribution in [3.63, 3.8) is 0 Å². The molecule has 1 aromatic carbocycles. The normalized spacial score (nSPS) is 12.4. The molecule has 192 valence electrons. The predicted molar refractivity (Wildman–Crippen MR) is 139 cm³/mol. The second kappa shape index (κ2) is 21.8. The minimum atomic E-state index is -0.415. The molecule has 1 atom stereocenters. The minimum absolute atomic E-state index is 0.00782. The van der Waals surface area contributed by atoms with Crippen LogP contribution in [0.1, 0.15) is 115 Å². The molecule has 5 heteroatoms. The summed E-state index contributed by atoms with van der Waals surface area (Å²) < 4.78 is 18.9. The number of halogens is 2. The number of aliphatic hydroxyl groups excluding tert-OH is 1. The molecule has 0 saturated heterocycles. The van der Waals surface area contributed by atoms with Crippen LogP contribution in [0.25, 0.3) is 0 Å². The van der Waals surface area contributed by atoms with Gasteiger partial charge in [-0.05, 0) is 24.1 Å². The highest BCUT2D eigenvalue weighted by Gasteiger charge is 2.08. The fraction of sp³-hybridized carbons (Fsp3) is 0.786. The topological polar surface area (TPSA) is 41.5 Å². The third kappa shape index (κ3) is 17.4. The van der Waals surface area contributed by atoms with Crippen LogP contribution in [0.2, 0.25) is 5.02 Å². The molecule has 33 heavy (non-hydrogen) atoms. The van der Waals surface area contributed by atoms with E-state index < -0.39 is 5.82 Å². The molecular weight excluding hydrogens is 437 g/mol. The average molecular weight is 486 g/mol. The number of nitrogens with one attached hydrogen (secondary N) is 1. The van der Waals surface area contributed by atoms with Gasteiger partial charge in [0, 0.05) is 13.2 Å². The van der Waals surface area contributed by atoms with E-state index >= 15 is 0 Å². The maximum Gasteiger partial charge on any atom is 0.141 e. The van der Waals surface area contributed by atoms with Gasteiger partial charge in [0.25, 0.3) is 0 Å². The molecule has 1 unspecified atom stereocenters. The zero-order valence-electron chi connectivity index (χ0n) is 21.1. The molecule has 0 aliphatic carbocycles. The first-order valence-corrected chi connectivity index (χ1v) is 13.9. The maximum absolute atomic E-state index is 13.2. The molecule has 0 amide bonds. The maximum atomic E-state index is 13.2. The number of hydrogen-bond acceptors (Lipinski definition) is 3. The number of rotatable bonds is 23. The van der Waals surface area contributed by atoms with Gasteiger partial charge in [0.15, 0.2) is 0 Å². The Hall–Kier alpha value is -0.680.